The summed E-state index contributed by atoms with van der Waals surface area (Å²) in [5.41, 5.74) is 11.1. The van der Waals surface area contributed by atoms with E-state index in [1.54, 1.807) is 0 Å². The first-order chi connectivity index (χ1) is 16.6. The van der Waals surface area contributed by atoms with E-state index < -0.39 is 0 Å². The SMILES string of the molecule is Cc1ccc2nc(-c3ccc4c(c3)-c3ccccc3-c3ccccc3S4)cc(CC(C)C)c2c1. The smallest absolute Gasteiger partial charge is 0.0712 e. The molecule has 2 heterocycles. The Labute approximate surface area is 205 Å². The predicted octanol–water partition coefficient (Wildman–Crippen LogP) is 9.21. The van der Waals surface area contributed by atoms with E-state index in [-0.39, 0.29) is 0 Å². The Morgan fingerprint density at radius 2 is 1.41 bits per heavy atom. The van der Waals surface area contributed by atoms with E-state index in [2.05, 4.69) is 112 Å². The Morgan fingerprint density at radius 1 is 0.706 bits per heavy atom. The minimum atomic E-state index is 0.591. The molecule has 0 N–H and O–H groups in total. The summed E-state index contributed by atoms with van der Waals surface area (Å²) in [7, 11) is 0. The fourth-order valence-corrected chi connectivity index (χ4v) is 6.09. The number of aryl methyl sites for hydroxylation is 1. The first-order valence-corrected chi connectivity index (χ1v) is 12.8. The average Bonchev–Trinajstić information content (AvgIpc) is 2.98. The molecule has 0 saturated heterocycles. The predicted molar refractivity (Wildman–Crippen MR) is 145 cm³/mol. The van der Waals surface area contributed by atoms with Crippen LogP contribution >= 0.6 is 11.8 Å². The molecular formula is C32H27NS. The summed E-state index contributed by atoms with van der Waals surface area (Å²) in [6, 6.07) is 33.3. The zero-order valence-electron chi connectivity index (χ0n) is 19.8. The number of pyridine rings is 1. The van der Waals surface area contributed by atoms with Crippen LogP contribution in [0.2, 0.25) is 0 Å². The normalized spacial score (nSPS) is 12.2. The molecule has 0 bridgehead atoms. The minimum Gasteiger partial charge on any atom is -0.248 e. The van der Waals surface area contributed by atoms with E-state index in [4.69, 9.17) is 4.98 Å². The van der Waals surface area contributed by atoms with Crippen LogP contribution < -0.4 is 0 Å². The lowest BCUT2D eigenvalue weighted by Crippen LogP contribution is -1.98. The molecule has 0 radical (unpaired) electrons. The van der Waals surface area contributed by atoms with E-state index in [1.807, 2.05) is 11.8 Å². The van der Waals surface area contributed by atoms with Crippen LogP contribution in [0.1, 0.15) is 25.0 Å². The van der Waals surface area contributed by atoms with Crippen LogP contribution in [0.25, 0.3) is 44.4 Å². The molecule has 1 nitrogen and oxygen atoms in total. The van der Waals surface area contributed by atoms with Crippen molar-refractivity contribution in [2.45, 2.75) is 37.0 Å². The highest BCUT2D eigenvalue weighted by Crippen LogP contribution is 2.48. The van der Waals surface area contributed by atoms with Gasteiger partial charge in [0.1, 0.15) is 0 Å². The van der Waals surface area contributed by atoms with Crippen molar-refractivity contribution in [3.05, 3.63) is 102 Å². The molecular weight excluding hydrogens is 430 g/mol. The monoisotopic (exact) mass is 457 g/mol. The lowest BCUT2D eigenvalue weighted by atomic mass is 9.92. The van der Waals surface area contributed by atoms with Gasteiger partial charge in [-0.3, -0.25) is 0 Å². The van der Waals surface area contributed by atoms with Gasteiger partial charge in [0, 0.05) is 20.7 Å². The molecule has 0 spiro atoms. The van der Waals surface area contributed by atoms with Crippen LogP contribution in [-0.2, 0) is 6.42 Å². The van der Waals surface area contributed by atoms with E-state index in [1.165, 1.54) is 54.1 Å². The van der Waals surface area contributed by atoms with Crippen molar-refractivity contribution in [1.29, 1.82) is 0 Å². The molecule has 0 amide bonds. The molecule has 34 heavy (non-hydrogen) atoms. The summed E-state index contributed by atoms with van der Waals surface area (Å²) in [4.78, 5) is 7.71. The molecule has 5 aromatic rings. The fraction of sp³-hybridized carbons (Fsp3) is 0.156. The summed E-state index contributed by atoms with van der Waals surface area (Å²) in [5.74, 6) is 0.591. The zero-order chi connectivity index (χ0) is 23.2. The third kappa shape index (κ3) is 3.73. The molecule has 0 aliphatic carbocycles. The topological polar surface area (TPSA) is 12.9 Å². The molecule has 0 atom stereocenters. The number of hydrogen-bond donors (Lipinski definition) is 0. The average molecular weight is 458 g/mol. The molecule has 0 unspecified atom stereocenters. The Hall–Kier alpha value is -3.36. The van der Waals surface area contributed by atoms with Crippen LogP contribution in [0, 0.1) is 12.8 Å². The van der Waals surface area contributed by atoms with Gasteiger partial charge in [0.15, 0.2) is 0 Å². The van der Waals surface area contributed by atoms with Crippen molar-refractivity contribution in [1.82, 2.24) is 4.98 Å². The molecule has 1 aromatic heterocycles. The quantitative estimate of drug-likeness (QED) is 0.263. The van der Waals surface area contributed by atoms with E-state index in [0.29, 0.717) is 5.92 Å². The second-order valence-electron chi connectivity index (χ2n) is 9.64. The maximum atomic E-state index is 5.12. The Balaban J connectivity index is 1.55. The third-order valence-corrected chi connectivity index (χ3v) is 7.72. The highest BCUT2D eigenvalue weighted by Gasteiger charge is 2.20. The largest absolute Gasteiger partial charge is 0.248 e. The number of nitrogens with zero attached hydrogens (tertiary/aromatic N) is 1. The number of rotatable bonds is 3. The van der Waals surface area contributed by atoms with Gasteiger partial charge >= 0.3 is 0 Å². The van der Waals surface area contributed by atoms with Crippen molar-refractivity contribution < 1.29 is 0 Å². The number of aromatic nitrogens is 1. The second kappa shape index (κ2) is 8.45. The maximum absolute atomic E-state index is 5.12. The first-order valence-electron chi connectivity index (χ1n) is 12.0. The van der Waals surface area contributed by atoms with Crippen molar-refractivity contribution in [3.8, 4) is 33.5 Å². The molecule has 6 rings (SSSR count). The van der Waals surface area contributed by atoms with Crippen molar-refractivity contribution in [2.24, 2.45) is 5.92 Å². The third-order valence-electron chi connectivity index (χ3n) is 6.57. The van der Waals surface area contributed by atoms with Crippen molar-refractivity contribution in [2.75, 3.05) is 0 Å². The second-order valence-corrected chi connectivity index (χ2v) is 10.7. The van der Waals surface area contributed by atoms with Crippen LogP contribution in [0.15, 0.2) is 101 Å². The minimum absolute atomic E-state index is 0.591. The van der Waals surface area contributed by atoms with Gasteiger partial charge in [-0.25, -0.2) is 4.98 Å². The number of fused-ring (bicyclic) bond motifs is 6. The standard InChI is InChI=1S/C32H27NS/c1-20(2)16-23-19-30(33-29-14-12-21(3)17-27(23)29)22-13-15-32-28(18-22)25-9-5-4-8-24(25)26-10-6-7-11-31(26)34-32/h4-15,17-20H,16H2,1-3H3. The summed E-state index contributed by atoms with van der Waals surface area (Å²) >= 11 is 1.86. The van der Waals surface area contributed by atoms with Gasteiger partial charge in [-0.1, -0.05) is 85.8 Å². The number of benzene rings is 4. The van der Waals surface area contributed by atoms with Gasteiger partial charge in [-0.2, -0.15) is 0 Å². The first kappa shape index (κ1) is 21.2. The van der Waals surface area contributed by atoms with Gasteiger partial charge in [0.25, 0.3) is 0 Å². The van der Waals surface area contributed by atoms with Gasteiger partial charge in [0.05, 0.1) is 11.2 Å². The molecule has 0 fully saturated rings. The molecule has 1 aliphatic heterocycles. The van der Waals surface area contributed by atoms with Crippen LogP contribution in [-0.4, -0.2) is 4.98 Å². The summed E-state index contributed by atoms with van der Waals surface area (Å²) in [6.45, 7) is 6.73. The zero-order valence-corrected chi connectivity index (χ0v) is 20.6. The Bertz CT molecular complexity index is 1550. The summed E-state index contributed by atoms with van der Waals surface area (Å²) in [5, 5.41) is 1.28. The highest BCUT2D eigenvalue weighted by molar-refractivity contribution is 7.99. The number of hydrogen-bond acceptors (Lipinski definition) is 2. The Morgan fingerprint density at radius 3 is 2.21 bits per heavy atom. The summed E-state index contributed by atoms with van der Waals surface area (Å²) in [6.07, 6.45) is 1.05. The van der Waals surface area contributed by atoms with Gasteiger partial charge in [-0.05, 0) is 83.5 Å². The molecule has 1 aliphatic rings. The van der Waals surface area contributed by atoms with Crippen molar-refractivity contribution in [3.63, 3.8) is 0 Å². The van der Waals surface area contributed by atoms with Crippen LogP contribution in [0.5, 0.6) is 0 Å². The molecule has 0 saturated carbocycles. The molecule has 166 valence electrons. The lowest BCUT2D eigenvalue weighted by Gasteiger charge is -2.14. The fourth-order valence-electron chi connectivity index (χ4n) is 5.00. The van der Waals surface area contributed by atoms with Gasteiger partial charge in [-0.15, -0.1) is 0 Å². The summed E-state index contributed by atoms with van der Waals surface area (Å²) < 4.78 is 0. The van der Waals surface area contributed by atoms with Crippen LogP contribution in [0.3, 0.4) is 0 Å². The van der Waals surface area contributed by atoms with E-state index >= 15 is 0 Å². The van der Waals surface area contributed by atoms with Gasteiger partial charge in [0.2, 0.25) is 0 Å². The van der Waals surface area contributed by atoms with E-state index in [9.17, 15) is 0 Å². The highest BCUT2D eigenvalue weighted by atomic mass is 32.2. The maximum Gasteiger partial charge on any atom is 0.0712 e. The molecule has 2 heteroatoms. The van der Waals surface area contributed by atoms with Crippen LogP contribution in [0.4, 0.5) is 0 Å². The molecule has 4 aromatic carbocycles. The van der Waals surface area contributed by atoms with E-state index in [0.717, 1.165) is 17.6 Å². The Kier molecular flexibility index (Phi) is 5.27. The lowest BCUT2D eigenvalue weighted by molar-refractivity contribution is 0.650. The van der Waals surface area contributed by atoms with Crippen molar-refractivity contribution >= 4 is 22.7 Å². The van der Waals surface area contributed by atoms with Gasteiger partial charge < -0.3 is 0 Å².